The summed E-state index contributed by atoms with van der Waals surface area (Å²) in [4.78, 5) is 4.15. The van der Waals surface area contributed by atoms with Gasteiger partial charge in [0.05, 0.1) is 12.4 Å². The van der Waals surface area contributed by atoms with Crippen molar-refractivity contribution in [3.05, 3.63) is 0 Å². The average molecular weight is 478 g/mol. The Labute approximate surface area is 164 Å². The Morgan fingerprint density at radius 1 is 1.25 bits per heavy atom. The zero-order chi connectivity index (χ0) is 18.1. The molecule has 0 fully saturated rings. The summed E-state index contributed by atoms with van der Waals surface area (Å²) in [5.41, 5.74) is -0.600. The highest BCUT2D eigenvalue weighted by atomic mass is 127. The van der Waals surface area contributed by atoms with Crippen molar-refractivity contribution in [3.8, 4) is 0 Å². The second-order valence-electron chi connectivity index (χ2n) is 6.64. The molecule has 0 bridgehead atoms. The molecule has 0 aromatic rings. The lowest BCUT2D eigenvalue weighted by atomic mass is 10.0. The molecule has 0 aliphatic carbocycles. The van der Waals surface area contributed by atoms with Crippen molar-refractivity contribution in [2.45, 2.75) is 52.7 Å². The van der Waals surface area contributed by atoms with Crippen LogP contribution in [0.5, 0.6) is 0 Å². The van der Waals surface area contributed by atoms with E-state index in [2.05, 4.69) is 34.2 Å². The van der Waals surface area contributed by atoms with Gasteiger partial charge in [0.25, 0.3) is 0 Å². The summed E-state index contributed by atoms with van der Waals surface area (Å²) < 4.78 is 31.0. The zero-order valence-corrected chi connectivity index (χ0v) is 19.1. The summed E-state index contributed by atoms with van der Waals surface area (Å²) in [5.74, 6) is 1.11. The number of hydrogen-bond donors (Lipinski definition) is 3. The fourth-order valence-electron chi connectivity index (χ4n) is 2.22. The van der Waals surface area contributed by atoms with Crippen LogP contribution in [0.3, 0.4) is 0 Å². The van der Waals surface area contributed by atoms with Crippen molar-refractivity contribution in [2.75, 3.05) is 33.0 Å². The summed E-state index contributed by atoms with van der Waals surface area (Å²) >= 11 is 0. The largest absolute Gasteiger partial charge is 0.378 e. The predicted molar refractivity (Wildman–Crippen MR) is 112 cm³/mol. The summed E-state index contributed by atoms with van der Waals surface area (Å²) in [5, 5.41) is 6.37. The topological polar surface area (TPSA) is 91.8 Å². The molecule has 146 valence electrons. The Morgan fingerprint density at radius 3 is 2.25 bits per heavy atom. The van der Waals surface area contributed by atoms with Gasteiger partial charge in [-0.05, 0) is 33.1 Å². The molecule has 1 unspecified atom stereocenters. The number of ether oxygens (including phenoxy) is 1. The molecule has 0 heterocycles. The molecule has 9 heteroatoms. The molecule has 0 saturated carbocycles. The molecule has 3 N–H and O–H groups in total. The van der Waals surface area contributed by atoms with Crippen LogP contribution in [-0.4, -0.2) is 59.0 Å². The quantitative estimate of drug-likeness (QED) is 0.252. The monoisotopic (exact) mass is 478 g/mol. The number of rotatable bonds is 10. The van der Waals surface area contributed by atoms with Crippen molar-refractivity contribution in [1.29, 1.82) is 0 Å². The van der Waals surface area contributed by atoms with E-state index in [1.165, 1.54) is 0 Å². The van der Waals surface area contributed by atoms with Gasteiger partial charge in [-0.1, -0.05) is 13.8 Å². The molecule has 0 aromatic heterocycles. The van der Waals surface area contributed by atoms with Gasteiger partial charge in [0.15, 0.2) is 5.96 Å². The minimum Gasteiger partial charge on any atom is -0.378 e. The smallest absolute Gasteiger partial charge is 0.209 e. The van der Waals surface area contributed by atoms with Crippen molar-refractivity contribution in [1.82, 2.24) is 15.4 Å². The zero-order valence-electron chi connectivity index (χ0n) is 16.0. The minimum atomic E-state index is -3.25. The molecule has 0 saturated heterocycles. The van der Waals surface area contributed by atoms with Gasteiger partial charge >= 0.3 is 0 Å². The van der Waals surface area contributed by atoms with Crippen molar-refractivity contribution < 1.29 is 13.2 Å². The van der Waals surface area contributed by atoms with Gasteiger partial charge in [0.2, 0.25) is 10.0 Å². The standard InChI is InChI=1S/C15H34N4O3S.HI/c1-8-22-13(12(2)3)9-10-17-14(16-6)18-11-15(4,5)19-23(7,20)21;/h12-13,19H,8-11H2,1-7H3,(H2,16,17,18);1H. The van der Waals surface area contributed by atoms with E-state index in [1.807, 2.05) is 20.8 Å². The van der Waals surface area contributed by atoms with Crippen LogP contribution in [0, 0.1) is 5.92 Å². The Bertz CT molecular complexity index is 467. The van der Waals surface area contributed by atoms with Crippen LogP contribution < -0.4 is 15.4 Å². The first kappa shape index (κ1) is 26.1. The Hall–Kier alpha value is -0.130. The highest BCUT2D eigenvalue weighted by molar-refractivity contribution is 14.0. The number of aliphatic imine (C=N–C) groups is 1. The second-order valence-corrected chi connectivity index (χ2v) is 8.39. The highest BCUT2D eigenvalue weighted by Crippen LogP contribution is 2.09. The molecule has 1 atom stereocenters. The third kappa shape index (κ3) is 13.2. The maximum atomic E-state index is 11.3. The number of sulfonamides is 1. The lowest BCUT2D eigenvalue weighted by Gasteiger charge is -2.26. The van der Waals surface area contributed by atoms with E-state index in [1.54, 1.807) is 7.05 Å². The molecule has 24 heavy (non-hydrogen) atoms. The van der Waals surface area contributed by atoms with Crippen molar-refractivity contribution in [2.24, 2.45) is 10.9 Å². The van der Waals surface area contributed by atoms with Gasteiger partial charge in [-0.15, -0.1) is 24.0 Å². The number of hydrogen-bond acceptors (Lipinski definition) is 4. The normalized spacial score (nSPS) is 14.2. The van der Waals surface area contributed by atoms with Gasteiger partial charge in [0.1, 0.15) is 0 Å². The summed E-state index contributed by atoms with van der Waals surface area (Å²) in [6.07, 6.45) is 2.26. The van der Waals surface area contributed by atoms with Gasteiger partial charge in [0, 0.05) is 32.3 Å². The lowest BCUT2D eigenvalue weighted by Crippen LogP contribution is -2.53. The fourth-order valence-corrected chi connectivity index (χ4v) is 3.30. The van der Waals surface area contributed by atoms with Crippen LogP contribution in [0.2, 0.25) is 0 Å². The van der Waals surface area contributed by atoms with Gasteiger partial charge in [-0.3, -0.25) is 4.99 Å². The first-order chi connectivity index (χ1) is 10.5. The average Bonchev–Trinajstić information content (AvgIpc) is 2.38. The van der Waals surface area contributed by atoms with E-state index in [0.29, 0.717) is 25.0 Å². The molecular weight excluding hydrogens is 443 g/mol. The van der Waals surface area contributed by atoms with E-state index in [9.17, 15) is 8.42 Å². The third-order valence-corrected chi connectivity index (χ3v) is 4.15. The van der Waals surface area contributed by atoms with Crippen LogP contribution in [0.4, 0.5) is 0 Å². The van der Waals surface area contributed by atoms with Crippen molar-refractivity contribution in [3.63, 3.8) is 0 Å². The predicted octanol–water partition coefficient (Wildman–Crippen LogP) is 1.55. The molecule has 0 rings (SSSR count). The Morgan fingerprint density at radius 2 is 1.83 bits per heavy atom. The first-order valence-corrected chi connectivity index (χ1v) is 9.95. The molecule has 0 radical (unpaired) electrons. The molecule has 0 amide bonds. The lowest BCUT2D eigenvalue weighted by molar-refractivity contribution is 0.0258. The maximum Gasteiger partial charge on any atom is 0.209 e. The van der Waals surface area contributed by atoms with Crippen LogP contribution in [-0.2, 0) is 14.8 Å². The third-order valence-electron chi connectivity index (χ3n) is 3.23. The minimum absolute atomic E-state index is 0. The van der Waals surface area contributed by atoms with Gasteiger partial charge < -0.3 is 15.4 Å². The van der Waals surface area contributed by atoms with Crippen LogP contribution in [0.1, 0.15) is 41.0 Å². The maximum absolute atomic E-state index is 11.3. The van der Waals surface area contributed by atoms with Gasteiger partial charge in [-0.25, -0.2) is 13.1 Å². The van der Waals surface area contributed by atoms with E-state index in [4.69, 9.17) is 4.74 Å². The molecule has 7 nitrogen and oxygen atoms in total. The summed E-state index contributed by atoms with van der Waals surface area (Å²) in [6.45, 7) is 11.8. The number of guanidine groups is 1. The van der Waals surface area contributed by atoms with E-state index < -0.39 is 15.6 Å². The summed E-state index contributed by atoms with van der Waals surface area (Å²) in [7, 11) is -1.56. The van der Waals surface area contributed by atoms with Crippen LogP contribution in [0.25, 0.3) is 0 Å². The van der Waals surface area contributed by atoms with Crippen molar-refractivity contribution >= 4 is 40.0 Å². The molecular formula is C15H35IN4O3S. The summed E-state index contributed by atoms with van der Waals surface area (Å²) in [6, 6.07) is 0. The molecule has 0 aliphatic heterocycles. The Balaban J connectivity index is 0. The SMILES string of the molecule is CCOC(CCNC(=NC)NCC(C)(C)NS(C)(=O)=O)C(C)C.I. The molecule has 0 aliphatic rings. The number of nitrogens with zero attached hydrogens (tertiary/aromatic N) is 1. The van der Waals surface area contributed by atoms with E-state index in [-0.39, 0.29) is 30.1 Å². The van der Waals surface area contributed by atoms with E-state index in [0.717, 1.165) is 19.2 Å². The van der Waals surface area contributed by atoms with Crippen LogP contribution >= 0.6 is 24.0 Å². The Kier molecular flexibility index (Phi) is 13.3. The van der Waals surface area contributed by atoms with E-state index >= 15 is 0 Å². The first-order valence-electron chi connectivity index (χ1n) is 8.05. The fraction of sp³-hybridized carbons (Fsp3) is 0.933. The van der Waals surface area contributed by atoms with Gasteiger partial charge in [-0.2, -0.15) is 0 Å². The molecule has 0 spiro atoms. The number of halogens is 1. The number of nitrogens with one attached hydrogen (secondary N) is 3. The molecule has 0 aromatic carbocycles. The second kappa shape index (κ2) is 12.3. The van der Waals surface area contributed by atoms with Crippen LogP contribution in [0.15, 0.2) is 4.99 Å². The highest BCUT2D eigenvalue weighted by Gasteiger charge is 2.22.